The Kier molecular flexibility index (Phi) is 6.11. The van der Waals surface area contributed by atoms with E-state index < -0.39 is 0 Å². The maximum Gasteiger partial charge on any atom is 0.277 e. The fraction of sp³-hybridized carbons (Fsp3) is 0.242. The Bertz CT molecular complexity index is 1970. The predicted octanol–water partition coefficient (Wildman–Crippen LogP) is 5.81. The van der Waals surface area contributed by atoms with Gasteiger partial charge in [-0.25, -0.2) is 4.98 Å². The lowest BCUT2D eigenvalue weighted by Crippen LogP contribution is -2.25. The number of aromatic amines is 1. The Balaban J connectivity index is 1.33. The third-order valence-corrected chi connectivity index (χ3v) is 8.41. The minimum absolute atomic E-state index is 0.0140. The zero-order valence-electron chi connectivity index (χ0n) is 23.4. The van der Waals surface area contributed by atoms with Gasteiger partial charge in [-0.1, -0.05) is 73.7 Å². The van der Waals surface area contributed by atoms with Crippen LogP contribution < -0.4 is 5.56 Å². The Morgan fingerprint density at radius 1 is 0.976 bits per heavy atom. The maximum absolute atomic E-state index is 14.1. The van der Waals surface area contributed by atoms with Gasteiger partial charge < -0.3 is 9.13 Å². The Morgan fingerprint density at radius 3 is 2.56 bits per heavy atom. The van der Waals surface area contributed by atoms with Crippen LogP contribution in [-0.2, 0) is 19.4 Å². The van der Waals surface area contributed by atoms with Crippen molar-refractivity contribution in [1.29, 1.82) is 0 Å². The van der Waals surface area contributed by atoms with E-state index in [4.69, 9.17) is 4.98 Å². The van der Waals surface area contributed by atoms with Crippen molar-refractivity contribution in [3.8, 4) is 22.5 Å². The van der Waals surface area contributed by atoms with Crippen molar-refractivity contribution in [3.05, 3.63) is 117 Å². The van der Waals surface area contributed by atoms with Crippen LogP contribution in [0.2, 0.25) is 0 Å². The molecule has 1 N–H and O–H groups in total. The molecule has 3 aromatic heterocycles. The summed E-state index contributed by atoms with van der Waals surface area (Å²) in [4.78, 5) is 19.1. The van der Waals surface area contributed by atoms with E-state index in [1.165, 1.54) is 16.7 Å². The predicted molar refractivity (Wildman–Crippen MR) is 160 cm³/mol. The third kappa shape index (κ3) is 4.18. The second kappa shape index (κ2) is 9.96. The van der Waals surface area contributed by atoms with E-state index in [-0.39, 0.29) is 11.6 Å². The van der Waals surface area contributed by atoms with Crippen LogP contribution >= 0.6 is 0 Å². The van der Waals surface area contributed by atoms with Crippen molar-refractivity contribution in [2.75, 3.05) is 0 Å². The average molecular weight is 542 g/mol. The number of nitrogens with one attached hydrogen (secondary N) is 1. The number of hydrogen-bond donors (Lipinski definition) is 1. The Labute approximate surface area is 237 Å². The van der Waals surface area contributed by atoms with Crippen LogP contribution in [-0.4, -0.2) is 34.7 Å². The highest BCUT2D eigenvalue weighted by Gasteiger charge is 2.30. The fourth-order valence-corrected chi connectivity index (χ4v) is 6.36. The van der Waals surface area contributed by atoms with Crippen LogP contribution in [0.4, 0.5) is 0 Å². The van der Waals surface area contributed by atoms with Crippen molar-refractivity contribution >= 4 is 11.0 Å². The first-order valence-electron chi connectivity index (χ1n) is 14.1. The van der Waals surface area contributed by atoms with E-state index in [1.54, 1.807) is 0 Å². The minimum atomic E-state index is 0.0140. The molecule has 0 bridgehead atoms. The van der Waals surface area contributed by atoms with Gasteiger partial charge in [-0.15, -0.1) is 10.2 Å². The zero-order valence-corrected chi connectivity index (χ0v) is 23.4. The van der Waals surface area contributed by atoms with Crippen molar-refractivity contribution in [2.24, 2.45) is 0 Å². The molecule has 8 heteroatoms. The summed E-state index contributed by atoms with van der Waals surface area (Å²) in [6.07, 6.45) is 4.58. The lowest BCUT2D eigenvalue weighted by Gasteiger charge is -2.19. The molecule has 0 radical (unpaired) electrons. The summed E-state index contributed by atoms with van der Waals surface area (Å²) in [5, 5.41) is 14.7. The molecule has 0 saturated carbocycles. The van der Waals surface area contributed by atoms with Crippen molar-refractivity contribution in [3.63, 3.8) is 0 Å². The number of pyridine rings is 1. The summed E-state index contributed by atoms with van der Waals surface area (Å²) in [7, 11) is 0. The number of fused-ring (bicyclic) bond motifs is 2. The first kappa shape index (κ1) is 25.1. The second-order valence-corrected chi connectivity index (χ2v) is 10.9. The van der Waals surface area contributed by atoms with Gasteiger partial charge in [0.15, 0.2) is 0 Å². The molecule has 0 saturated heterocycles. The average Bonchev–Trinajstić information content (AvgIpc) is 3.75. The van der Waals surface area contributed by atoms with E-state index in [9.17, 15) is 4.79 Å². The van der Waals surface area contributed by atoms with Crippen LogP contribution in [0.25, 0.3) is 33.5 Å². The molecule has 41 heavy (non-hydrogen) atoms. The third-order valence-electron chi connectivity index (χ3n) is 8.41. The van der Waals surface area contributed by atoms with Gasteiger partial charge in [0.2, 0.25) is 5.82 Å². The monoisotopic (exact) mass is 541 g/mol. The molecule has 3 aromatic carbocycles. The van der Waals surface area contributed by atoms with Crippen LogP contribution in [0.3, 0.4) is 0 Å². The first-order valence-corrected chi connectivity index (χ1v) is 14.1. The van der Waals surface area contributed by atoms with Gasteiger partial charge in [0.05, 0.1) is 18.1 Å². The number of aromatic nitrogens is 7. The summed E-state index contributed by atoms with van der Waals surface area (Å²) in [5.41, 5.74) is 10.6. The molecule has 7 rings (SSSR count). The zero-order chi connectivity index (χ0) is 28.1. The summed E-state index contributed by atoms with van der Waals surface area (Å²) < 4.78 is 4.09. The maximum atomic E-state index is 14.1. The van der Waals surface area contributed by atoms with Crippen molar-refractivity contribution in [2.45, 2.75) is 52.6 Å². The molecule has 8 nitrogen and oxygen atoms in total. The summed E-state index contributed by atoms with van der Waals surface area (Å²) in [6.45, 7) is 6.81. The molecule has 0 amide bonds. The normalized spacial score (nSPS) is 14.6. The van der Waals surface area contributed by atoms with Gasteiger partial charge >= 0.3 is 0 Å². The van der Waals surface area contributed by atoms with Gasteiger partial charge in [0, 0.05) is 18.2 Å². The Morgan fingerprint density at radius 2 is 1.78 bits per heavy atom. The van der Waals surface area contributed by atoms with E-state index in [1.807, 2.05) is 41.1 Å². The number of H-pyrrole nitrogens is 1. The second-order valence-electron chi connectivity index (χ2n) is 10.9. The van der Waals surface area contributed by atoms with Crippen LogP contribution in [0.5, 0.6) is 0 Å². The number of nitrogens with zero attached hydrogens (tertiary/aromatic N) is 6. The molecule has 1 atom stereocenters. The first-order chi connectivity index (χ1) is 20.0. The Hall–Kier alpha value is -4.85. The lowest BCUT2D eigenvalue weighted by atomic mass is 9.96. The van der Waals surface area contributed by atoms with Crippen LogP contribution in [0, 0.1) is 13.8 Å². The highest BCUT2D eigenvalue weighted by Crippen LogP contribution is 2.40. The number of tetrazole rings is 1. The standard InChI is InChI=1S/C33H31N7O/c1-4-29-34-30-21(3)18-39(19-24-10-6-5-9-20(24)2)33(41)31(30)40(29)28-16-14-23-17-22(13-15-26(23)28)25-11-7-8-12-27(25)32-35-37-38-36-32/h5-13,15,17-18,28H,4,14,16,19H2,1-3H3,(H,35,36,37,38)/t28-/m0/s1. The molecule has 1 aliphatic carbocycles. The van der Waals surface area contributed by atoms with Gasteiger partial charge in [-0.3, -0.25) is 4.79 Å². The molecule has 3 heterocycles. The largest absolute Gasteiger partial charge is 0.316 e. The van der Waals surface area contributed by atoms with Crippen LogP contribution in [0.15, 0.2) is 77.7 Å². The molecular formula is C33H31N7O. The number of rotatable bonds is 6. The molecule has 204 valence electrons. The van der Waals surface area contributed by atoms with E-state index >= 15 is 0 Å². The van der Waals surface area contributed by atoms with Gasteiger partial charge in [-0.2, -0.15) is 5.21 Å². The van der Waals surface area contributed by atoms with Crippen molar-refractivity contribution < 1.29 is 0 Å². The number of imidazole rings is 1. The summed E-state index contributed by atoms with van der Waals surface area (Å²) in [6, 6.07) is 23.1. The number of benzene rings is 3. The quantitative estimate of drug-likeness (QED) is 0.287. The van der Waals surface area contributed by atoms with Gasteiger partial charge in [0.25, 0.3) is 5.56 Å². The minimum Gasteiger partial charge on any atom is -0.316 e. The van der Waals surface area contributed by atoms with Gasteiger partial charge in [0.1, 0.15) is 11.3 Å². The van der Waals surface area contributed by atoms with Gasteiger partial charge in [-0.05, 0) is 70.8 Å². The van der Waals surface area contributed by atoms with Crippen LogP contribution in [0.1, 0.15) is 53.0 Å². The van der Waals surface area contributed by atoms with Crippen molar-refractivity contribution in [1.82, 2.24) is 34.7 Å². The summed E-state index contributed by atoms with van der Waals surface area (Å²) >= 11 is 0. The number of aryl methyl sites for hydroxylation is 4. The van der Waals surface area contributed by atoms with E-state index in [2.05, 4.69) is 82.4 Å². The fourth-order valence-electron chi connectivity index (χ4n) is 6.36. The molecule has 6 aromatic rings. The molecule has 0 fully saturated rings. The lowest BCUT2D eigenvalue weighted by molar-refractivity contribution is 0.567. The highest BCUT2D eigenvalue weighted by atomic mass is 16.1. The van der Waals surface area contributed by atoms with E-state index in [0.29, 0.717) is 17.9 Å². The smallest absolute Gasteiger partial charge is 0.277 e. The topological polar surface area (TPSA) is 94.3 Å². The molecule has 1 aliphatic rings. The van der Waals surface area contributed by atoms with E-state index in [0.717, 1.165) is 58.4 Å². The molecule has 0 spiro atoms. The molecule has 0 unspecified atom stereocenters. The highest BCUT2D eigenvalue weighted by molar-refractivity contribution is 5.81. The molecular weight excluding hydrogens is 510 g/mol. The summed E-state index contributed by atoms with van der Waals surface area (Å²) in [5.74, 6) is 1.53. The molecule has 0 aliphatic heterocycles. The SMILES string of the molecule is CCc1nc2c(C)cn(Cc3ccccc3C)c(=O)c2n1[C@H]1CCc2cc(-c3ccccc3-c3nn[nH]n3)ccc21. The number of hydrogen-bond acceptors (Lipinski definition) is 5.